The van der Waals surface area contributed by atoms with Crippen molar-refractivity contribution in [3.63, 3.8) is 0 Å². The van der Waals surface area contributed by atoms with Gasteiger partial charge < -0.3 is 24.1 Å². The second kappa shape index (κ2) is 11.7. The highest BCUT2D eigenvalue weighted by Crippen LogP contribution is 2.23. The summed E-state index contributed by atoms with van der Waals surface area (Å²) in [4.78, 5) is 4.55. The number of nitrogens with zero attached hydrogens (tertiary/aromatic N) is 2. The van der Waals surface area contributed by atoms with E-state index in [4.69, 9.17) is 18.9 Å². The maximum absolute atomic E-state index is 10.1. The average Bonchev–Trinajstić information content (AvgIpc) is 3.04. The Morgan fingerprint density at radius 2 is 1.85 bits per heavy atom. The van der Waals surface area contributed by atoms with Crippen LogP contribution in [0.3, 0.4) is 0 Å². The Morgan fingerprint density at radius 3 is 2.56 bits per heavy atom. The van der Waals surface area contributed by atoms with Crippen LogP contribution in [0.15, 0.2) is 36.9 Å². The van der Waals surface area contributed by atoms with Gasteiger partial charge in [-0.15, -0.1) is 0 Å². The van der Waals surface area contributed by atoms with Crippen LogP contribution in [0.5, 0.6) is 6.01 Å². The van der Waals surface area contributed by atoms with Gasteiger partial charge in [0.15, 0.2) is 0 Å². The third-order valence-corrected chi connectivity index (χ3v) is 4.15. The summed E-state index contributed by atoms with van der Waals surface area (Å²) in [7, 11) is 1.64. The van der Waals surface area contributed by atoms with Crippen molar-refractivity contribution in [2.45, 2.75) is 32.1 Å². The number of para-hydroxylation sites is 2. The lowest BCUT2D eigenvalue weighted by Gasteiger charge is -2.20. The van der Waals surface area contributed by atoms with Crippen molar-refractivity contribution in [1.29, 1.82) is 0 Å². The molecule has 1 aromatic carbocycles. The van der Waals surface area contributed by atoms with E-state index in [0.29, 0.717) is 52.0 Å². The molecule has 1 heterocycles. The number of benzene rings is 1. The maximum atomic E-state index is 10.1. The van der Waals surface area contributed by atoms with Gasteiger partial charge >= 0.3 is 0 Å². The van der Waals surface area contributed by atoms with E-state index in [2.05, 4.69) is 11.6 Å². The first-order valence-corrected chi connectivity index (χ1v) is 9.28. The molecule has 0 aliphatic carbocycles. The normalized spacial score (nSPS) is 13.6. The largest absolute Gasteiger partial charge is 0.454 e. The van der Waals surface area contributed by atoms with Gasteiger partial charge in [0.25, 0.3) is 6.01 Å². The molecule has 0 radical (unpaired) electrons. The summed E-state index contributed by atoms with van der Waals surface area (Å²) in [6.45, 7) is 8.92. The van der Waals surface area contributed by atoms with Crippen LogP contribution in [0, 0.1) is 0 Å². The van der Waals surface area contributed by atoms with Crippen LogP contribution in [0.1, 0.15) is 13.3 Å². The molecular formula is C20H30N2O5. The molecule has 7 heteroatoms. The molecule has 0 amide bonds. The van der Waals surface area contributed by atoms with Gasteiger partial charge in [0, 0.05) is 7.11 Å². The molecule has 0 saturated carbocycles. The van der Waals surface area contributed by atoms with Gasteiger partial charge in [-0.05, 0) is 24.6 Å². The smallest absolute Gasteiger partial charge is 0.298 e. The zero-order valence-corrected chi connectivity index (χ0v) is 16.2. The lowest BCUT2D eigenvalue weighted by Crippen LogP contribution is -2.30. The van der Waals surface area contributed by atoms with Crippen molar-refractivity contribution in [3.8, 4) is 6.01 Å². The number of imidazole rings is 1. The van der Waals surface area contributed by atoms with Crippen LogP contribution in [-0.2, 0) is 20.8 Å². The van der Waals surface area contributed by atoms with E-state index in [1.54, 1.807) is 13.2 Å². The topological polar surface area (TPSA) is 75.0 Å². The van der Waals surface area contributed by atoms with Crippen LogP contribution < -0.4 is 4.74 Å². The van der Waals surface area contributed by atoms with E-state index in [-0.39, 0.29) is 0 Å². The number of aromatic nitrogens is 2. The van der Waals surface area contributed by atoms with Crippen LogP contribution in [-0.4, -0.2) is 67.0 Å². The lowest BCUT2D eigenvalue weighted by molar-refractivity contribution is 0.0217. The third-order valence-electron chi connectivity index (χ3n) is 4.15. The molecule has 150 valence electrons. The van der Waals surface area contributed by atoms with E-state index in [1.165, 1.54) is 0 Å². The van der Waals surface area contributed by atoms with Gasteiger partial charge in [-0.2, -0.15) is 4.98 Å². The number of methoxy groups -OCH3 is 1. The fraction of sp³-hybridized carbons (Fsp3) is 0.550. The molecule has 0 aliphatic rings. The van der Waals surface area contributed by atoms with Crippen LogP contribution in [0.2, 0.25) is 0 Å². The highest BCUT2D eigenvalue weighted by molar-refractivity contribution is 5.76. The van der Waals surface area contributed by atoms with Crippen LogP contribution >= 0.6 is 0 Å². The highest BCUT2D eigenvalue weighted by Gasteiger charge is 2.20. The molecule has 1 N–H and O–H groups in total. The molecule has 0 bridgehead atoms. The van der Waals surface area contributed by atoms with Crippen molar-refractivity contribution in [3.05, 3.63) is 36.9 Å². The summed E-state index contributed by atoms with van der Waals surface area (Å²) in [6.07, 6.45) is 1.03. The van der Waals surface area contributed by atoms with E-state index >= 15 is 0 Å². The monoisotopic (exact) mass is 378 g/mol. The Kier molecular flexibility index (Phi) is 9.27. The summed E-state index contributed by atoms with van der Waals surface area (Å²) in [6, 6.07) is 8.27. The molecule has 0 spiro atoms. The summed E-state index contributed by atoms with van der Waals surface area (Å²) < 4.78 is 23.9. The highest BCUT2D eigenvalue weighted by atomic mass is 16.5. The second-order valence-corrected chi connectivity index (χ2v) is 6.05. The first-order valence-electron chi connectivity index (χ1n) is 9.28. The minimum absolute atomic E-state index is 0.452. The molecule has 0 aliphatic heterocycles. The van der Waals surface area contributed by atoms with Gasteiger partial charge in [-0.1, -0.05) is 25.6 Å². The van der Waals surface area contributed by atoms with Crippen molar-refractivity contribution in [1.82, 2.24) is 9.55 Å². The molecular weight excluding hydrogens is 348 g/mol. The van der Waals surface area contributed by atoms with E-state index in [1.807, 2.05) is 35.8 Å². The number of aliphatic hydroxyl groups is 1. The van der Waals surface area contributed by atoms with Gasteiger partial charge in [-0.3, -0.25) is 4.57 Å². The number of fused-ring (bicyclic) bond motifs is 1. The van der Waals surface area contributed by atoms with Gasteiger partial charge in [0.05, 0.1) is 56.7 Å². The zero-order chi connectivity index (χ0) is 19.5. The molecule has 0 fully saturated rings. The van der Waals surface area contributed by atoms with Crippen LogP contribution in [0.4, 0.5) is 0 Å². The SMILES string of the molecule is C=C[C@H](Oc1nc2ccccc2n1CCOCCOCCOC)[C@H](O)CC. The fourth-order valence-electron chi connectivity index (χ4n) is 2.62. The molecule has 1 aromatic heterocycles. The summed E-state index contributed by atoms with van der Waals surface area (Å²) >= 11 is 0. The Hall–Kier alpha value is -1.93. The summed E-state index contributed by atoms with van der Waals surface area (Å²) in [5.74, 6) is 0. The van der Waals surface area contributed by atoms with Crippen LogP contribution in [0.25, 0.3) is 11.0 Å². The number of hydrogen-bond donors (Lipinski definition) is 1. The fourth-order valence-corrected chi connectivity index (χ4v) is 2.62. The molecule has 2 aromatic rings. The number of hydrogen-bond acceptors (Lipinski definition) is 6. The molecule has 2 atom stereocenters. The van der Waals surface area contributed by atoms with Gasteiger partial charge in [0.1, 0.15) is 6.10 Å². The first kappa shape index (κ1) is 21.4. The third kappa shape index (κ3) is 6.32. The second-order valence-electron chi connectivity index (χ2n) is 6.05. The Morgan fingerprint density at radius 1 is 1.15 bits per heavy atom. The maximum Gasteiger partial charge on any atom is 0.298 e. The predicted molar refractivity (Wildman–Crippen MR) is 104 cm³/mol. The summed E-state index contributed by atoms with van der Waals surface area (Å²) in [5, 5.41) is 10.1. The minimum Gasteiger partial charge on any atom is -0.454 e. The number of aliphatic hydroxyl groups excluding tert-OH is 1. The molecule has 0 saturated heterocycles. The Labute approximate surface area is 160 Å². The van der Waals surface area contributed by atoms with E-state index < -0.39 is 12.2 Å². The standard InChI is InChI=1S/C20H30N2O5/c1-4-18(23)19(5-2)27-20-21-16-8-6-7-9-17(16)22(20)10-11-25-14-15-26-13-12-24-3/h5-9,18-19,23H,2,4,10-15H2,1,3H3/t18-,19+/m1/s1. The minimum atomic E-state index is -0.628. The van der Waals surface area contributed by atoms with E-state index in [9.17, 15) is 5.11 Å². The van der Waals surface area contributed by atoms with Gasteiger partial charge in [0.2, 0.25) is 0 Å². The lowest BCUT2D eigenvalue weighted by atomic mass is 10.1. The summed E-state index contributed by atoms with van der Waals surface area (Å²) in [5.41, 5.74) is 1.80. The predicted octanol–water partition coefficient (Wildman–Crippen LogP) is 2.42. The molecule has 0 unspecified atom stereocenters. The Balaban J connectivity index is 1.98. The van der Waals surface area contributed by atoms with Crippen molar-refractivity contribution < 1.29 is 24.1 Å². The number of rotatable bonds is 14. The van der Waals surface area contributed by atoms with Crippen molar-refractivity contribution in [2.75, 3.05) is 40.1 Å². The molecule has 7 nitrogen and oxygen atoms in total. The zero-order valence-electron chi connectivity index (χ0n) is 16.2. The van der Waals surface area contributed by atoms with Crippen molar-refractivity contribution in [2.24, 2.45) is 0 Å². The molecule has 2 rings (SSSR count). The first-order chi connectivity index (χ1) is 13.2. The molecule has 27 heavy (non-hydrogen) atoms. The quantitative estimate of drug-likeness (QED) is 0.402. The van der Waals surface area contributed by atoms with Gasteiger partial charge in [-0.25, -0.2) is 0 Å². The number of ether oxygens (including phenoxy) is 4. The average molecular weight is 378 g/mol. The van der Waals surface area contributed by atoms with Crippen molar-refractivity contribution >= 4 is 11.0 Å². The van der Waals surface area contributed by atoms with E-state index in [0.717, 1.165) is 11.0 Å². The Bertz CT molecular complexity index is 688.